The first kappa shape index (κ1) is 14.1. The van der Waals surface area contributed by atoms with E-state index in [0.717, 1.165) is 25.9 Å². The molecule has 3 unspecified atom stereocenters. The summed E-state index contributed by atoms with van der Waals surface area (Å²) in [5.74, 6) is -0.548. The smallest absolute Gasteiger partial charge is 0.326 e. The number of ether oxygens (including phenoxy) is 1. The van der Waals surface area contributed by atoms with Crippen LogP contribution in [0.15, 0.2) is 0 Å². The first-order chi connectivity index (χ1) is 9.09. The predicted molar refractivity (Wildman–Crippen MR) is 68.9 cm³/mol. The van der Waals surface area contributed by atoms with Crippen molar-refractivity contribution in [2.75, 3.05) is 26.3 Å². The summed E-state index contributed by atoms with van der Waals surface area (Å²) < 4.78 is 5.25. The average Bonchev–Trinajstić information content (AvgIpc) is 2.88. The van der Waals surface area contributed by atoms with Crippen LogP contribution in [-0.2, 0) is 9.53 Å². The quantitative estimate of drug-likeness (QED) is 0.799. The Morgan fingerprint density at radius 1 is 1.42 bits per heavy atom. The second-order valence-corrected chi connectivity index (χ2v) is 5.51. The molecule has 6 nitrogen and oxygen atoms in total. The van der Waals surface area contributed by atoms with Gasteiger partial charge in [-0.3, -0.25) is 0 Å². The van der Waals surface area contributed by atoms with Crippen LogP contribution in [0, 0.1) is 11.8 Å². The fourth-order valence-electron chi connectivity index (χ4n) is 2.87. The molecule has 6 heteroatoms. The first-order valence-corrected chi connectivity index (χ1v) is 6.94. The van der Waals surface area contributed by atoms with E-state index in [9.17, 15) is 14.7 Å². The molecule has 2 rings (SSSR count). The molecule has 108 valence electrons. The largest absolute Gasteiger partial charge is 0.480 e. The van der Waals surface area contributed by atoms with Crippen LogP contribution >= 0.6 is 0 Å². The number of carboxylic acids is 1. The van der Waals surface area contributed by atoms with Crippen molar-refractivity contribution in [2.24, 2.45) is 11.8 Å². The maximum atomic E-state index is 12.1. The monoisotopic (exact) mass is 270 g/mol. The van der Waals surface area contributed by atoms with E-state index >= 15 is 0 Å². The Balaban J connectivity index is 1.89. The SMILES string of the molecule is CC1CCCN(C(=O)NCC2CCOC2)C1C(=O)O. The zero-order valence-corrected chi connectivity index (χ0v) is 11.3. The number of nitrogens with one attached hydrogen (secondary N) is 1. The Hall–Kier alpha value is -1.30. The molecule has 2 fully saturated rings. The molecule has 0 saturated carbocycles. The lowest BCUT2D eigenvalue weighted by molar-refractivity contribution is -0.145. The molecule has 0 aromatic rings. The molecule has 3 atom stereocenters. The number of amides is 2. The van der Waals surface area contributed by atoms with Crippen LogP contribution in [0.2, 0.25) is 0 Å². The van der Waals surface area contributed by atoms with Gasteiger partial charge in [-0.25, -0.2) is 9.59 Å². The molecule has 0 aliphatic carbocycles. The number of carbonyl (C=O) groups excluding carboxylic acids is 1. The van der Waals surface area contributed by atoms with E-state index in [2.05, 4.69) is 5.32 Å². The van der Waals surface area contributed by atoms with Gasteiger partial charge in [0.25, 0.3) is 0 Å². The molecular formula is C13H22N2O4. The number of hydrogen-bond donors (Lipinski definition) is 2. The lowest BCUT2D eigenvalue weighted by atomic mass is 9.91. The zero-order chi connectivity index (χ0) is 13.8. The maximum Gasteiger partial charge on any atom is 0.326 e. The number of carboxylic acid groups (broad SMARTS) is 1. The van der Waals surface area contributed by atoms with Crippen molar-refractivity contribution in [1.29, 1.82) is 0 Å². The third kappa shape index (κ3) is 3.37. The number of nitrogens with zero attached hydrogens (tertiary/aromatic N) is 1. The highest BCUT2D eigenvalue weighted by molar-refractivity contribution is 5.83. The third-order valence-corrected chi connectivity index (χ3v) is 4.01. The van der Waals surface area contributed by atoms with Gasteiger partial charge in [-0.15, -0.1) is 0 Å². The van der Waals surface area contributed by atoms with Gasteiger partial charge in [0.1, 0.15) is 6.04 Å². The summed E-state index contributed by atoms with van der Waals surface area (Å²) in [7, 11) is 0. The Labute approximate surface area is 113 Å². The van der Waals surface area contributed by atoms with Gasteiger partial charge in [-0.2, -0.15) is 0 Å². The molecule has 19 heavy (non-hydrogen) atoms. The summed E-state index contributed by atoms with van der Waals surface area (Å²) in [4.78, 5) is 24.9. The predicted octanol–water partition coefficient (Wildman–Crippen LogP) is 0.918. The number of urea groups is 1. The summed E-state index contributed by atoms with van der Waals surface area (Å²) in [6, 6.07) is -0.959. The molecular weight excluding hydrogens is 248 g/mol. The molecule has 2 amide bonds. The van der Waals surface area contributed by atoms with Gasteiger partial charge >= 0.3 is 12.0 Å². The van der Waals surface area contributed by atoms with Crippen molar-refractivity contribution >= 4 is 12.0 Å². The van der Waals surface area contributed by atoms with Crippen molar-refractivity contribution in [2.45, 2.75) is 32.2 Å². The van der Waals surface area contributed by atoms with Gasteiger partial charge in [0.2, 0.25) is 0 Å². The van der Waals surface area contributed by atoms with E-state index in [-0.39, 0.29) is 11.9 Å². The summed E-state index contributed by atoms with van der Waals surface area (Å²) in [5, 5.41) is 12.1. The minimum Gasteiger partial charge on any atom is -0.480 e. The normalized spacial score (nSPS) is 31.2. The number of hydrogen-bond acceptors (Lipinski definition) is 3. The fraction of sp³-hybridized carbons (Fsp3) is 0.846. The van der Waals surface area contributed by atoms with Crippen molar-refractivity contribution < 1.29 is 19.4 Å². The molecule has 0 aromatic carbocycles. The van der Waals surface area contributed by atoms with Crippen LogP contribution in [-0.4, -0.2) is 54.4 Å². The van der Waals surface area contributed by atoms with E-state index in [1.165, 1.54) is 4.90 Å². The van der Waals surface area contributed by atoms with Crippen molar-refractivity contribution in [3.8, 4) is 0 Å². The van der Waals surface area contributed by atoms with E-state index < -0.39 is 12.0 Å². The molecule has 2 aliphatic rings. The lowest BCUT2D eigenvalue weighted by Crippen LogP contribution is -2.55. The second kappa shape index (κ2) is 6.23. The first-order valence-electron chi connectivity index (χ1n) is 6.94. The van der Waals surface area contributed by atoms with Crippen LogP contribution in [0.1, 0.15) is 26.2 Å². The summed E-state index contributed by atoms with van der Waals surface area (Å²) in [6.07, 6.45) is 2.68. The summed E-state index contributed by atoms with van der Waals surface area (Å²) in [6.45, 7) is 4.41. The second-order valence-electron chi connectivity index (χ2n) is 5.51. The molecule has 0 radical (unpaired) electrons. The zero-order valence-electron chi connectivity index (χ0n) is 11.3. The Kier molecular flexibility index (Phi) is 4.63. The van der Waals surface area contributed by atoms with E-state index in [4.69, 9.17) is 4.74 Å². The molecule has 2 heterocycles. The molecule has 0 aromatic heterocycles. The molecule has 0 bridgehead atoms. The Bertz CT molecular complexity index is 342. The van der Waals surface area contributed by atoms with Crippen molar-refractivity contribution in [3.05, 3.63) is 0 Å². The van der Waals surface area contributed by atoms with E-state index in [1.807, 2.05) is 6.92 Å². The van der Waals surface area contributed by atoms with Gasteiger partial charge in [-0.1, -0.05) is 6.92 Å². The topological polar surface area (TPSA) is 78.9 Å². The van der Waals surface area contributed by atoms with Gasteiger partial charge < -0.3 is 20.1 Å². The minimum absolute atomic E-state index is 0.00631. The summed E-state index contributed by atoms with van der Waals surface area (Å²) in [5.41, 5.74) is 0. The van der Waals surface area contributed by atoms with Gasteiger partial charge in [0.15, 0.2) is 0 Å². The van der Waals surface area contributed by atoms with Crippen molar-refractivity contribution in [1.82, 2.24) is 10.2 Å². The van der Waals surface area contributed by atoms with Gasteiger partial charge in [0, 0.05) is 25.6 Å². The van der Waals surface area contributed by atoms with Crippen LogP contribution in [0.3, 0.4) is 0 Å². The maximum absolute atomic E-state index is 12.1. The molecule has 2 N–H and O–H groups in total. The van der Waals surface area contributed by atoms with E-state index in [0.29, 0.717) is 25.6 Å². The molecule has 2 aliphatic heterocycles. The van der Waals surface area contributed by atoms with Crippen LogP contribution in [0.4, 0.5) is 4.79 Å². The number of carbonyl (C=O) groups is 2. The third-order valence-electron chi connectivity index (χ3n) is 4.01. The van der Waals surface area contributed by atoms with Gasteiger partial charge in [0.05, 0.1) is 6.61 Å². The van der Waals surface area contributed by atoms with Crippen LogP contribution in [0.5, 0.6) is 0 Å². The number of rotatable bonds is 3. The highest BCUT2D eigenvalue weighted by atomic mass is 16.5. The Morgan fingerprint density at radius 2 is 2.21 bits per heavy atom. The van der Waals surface area contributed by atoms with Gasteiger partial charge in [-0.05, 0) is 25.2 Å². The number of aliphatic carboxylic acids is 1. The molecule has 2 saturated heterocycles. The minimum atomic E-state index is -0.911. The summed E-state index contributed by atoms with van der Waals surface area (Å²) >= 11 is 0. The fourth-order valence-corrected chi connectivity index (χ4v) is 2.87. The molecule has 0 spiro atoms. The highest BCUT2D eigenvalue weighted by Crippen LogP contribution is 2.23. The average molecular weight is 270 g/mol. The highest BCUT2D eigenvalue weighted by Gasteiger charge is 2.37. The van der Waals surface area contributed by atoms with Crippen LogP contribution in [0.25, 0.3) is 0 Å². The number of piperidine rings is 1. The van der Waals surface area contributed by atoms with Crippen LogP contribution < -0.4 is 5.32 Å². The number of likely N-dealkylation sites (tertiary alicyclic amines) is 1. The Morgan fingerprint density at radius 3 is 2.84 bits per heavy atom. The standard InChI is InChI=1S/C13H22N2O4/c1-9-3-2-5-15(11(9)12(16)17)13(18)14-7-10-4-6-19-8-10/h9-11H,2-8H2,1H3,(H,14,18)(H,16,17). The van der Waals surface area contributed by atoms with Crippen molar-refractivity contribution in [3.63, 3.8) is 0 Å². The lowest BCUT2D eigenvalue weighted by Gasteiger charge is -2.37. The van der Waals surface area contributed by atoms with E-state index in [1.54, 1.807) is 0 Å².